The van der Waals surface area contributed by atoms with E-state index in [1.54, 1.807) is 25.6 Å². The highest BCUT2D eigenvalue weighted by atomic mass is 16.6. The summed E-state index contributed by atoms with van der Waals surface area (Å²) in [6.45, 7) is 4.98. The first-order valence-electron chi connectivity index (χ1n) is 7.47. The van der Waals surface area contributed by atoms with Crippen molar-refractivity contribution in [1.82, 2.24) is 9.78 Å². The average molecular weight is 346 g/mol. The Balaban J connectivity index is 2.07. The van der Waals surface area contributed by atoms with E-state index in [0.717, 1.165) is 11.8 Å². The molecule has 0 fully saturated rings. The number of nitro benzene ring substituents is 1. The molecule has 132 valence electrons. The van der Waals surface area contributed by atoms with Crippen molar-refractivity contribution in [3.05, 3.63) is 51.3 Å². The van der Waals surface area contributed by atoms with Gasteiger partial charge < -0.3 is 10.1 Å². The second kappa shape index (κ2) is 7.12. The summed E-state index contributed by atoms with van der Waals surface area (Å²) in [7, 11) is 1.75. The van der Waals surface area contributed by atoms with Gasteiger partial charge in [-0.05, 0) is 26.8 Å². The second-order valence-electron chi connectivity index (χ2n) is 5.51. The minimum absolute atomic E-state index is 0.00240. The van der Waals surface area contributed by atoms with E-state index in [2.05, 4.69) is 10.4 Å². The van der Waals surface area contributed by atoms with Crippen LogP contribution in [0.2, 0.25) is 0 Å². The highest BCUT2D eigenvalue weighted by molar-refractivity contribution is 5.98. The van der Waals surface area contributed by atoms with Gasteiger partial charge >= 0.3 is 5.97 Å². The average Bonchev–Trinajstić information content (AvgIpc) is 2.81. The molecule has 1 N–H and O–H groups in total. The van der Waals surface area contributed by atoms with Crippen LogP contribution in [0.25, 0.3) is 0 Å². The number of carbonyl (C=O) groups is 2. The van der Waals surface area contributed by atoms with Gasteiger partial charge in [0.25, 0.3) is 11.6 Å². The molecule has 1 atom stereocenters. The number of aryl methyl sites for hydroxylation is 2. The van der Waals surface area contributed by atoms with Crippen LogP contribution < -0.4 is 5.32 Å². The van der Waals surface area contributed by atoms with Crippen LogP contribution in [0.15, 0.2) is 24.3 Å². The maximum atomic E-state index is 12.2. The number of nitrogens with zero attached hydrogens (tertiary/aromatic N) is 3. The van der Waals surface area contributed by atoms with Crippen LogP contribution in [0.5, 0.6) is 0 Å². The van der Waals surface area contributed by atoms with Gasteiger partial charge in [0.1, 0.15) is 0 Å². The summed E-state index contributed by atoms with van der Waals surface area (Å²) in [5.41, 5.74) is 1.75. The number of rotatable bonds is 5. The molecule has 2 rings (SSSR count). The molecule has 9 nitrogen and oxygen atoms in total. The van der Waals surface area contributed by atoms with Crippen LogP contribution in [0, 0.1) is 24.0 Å². The number of nitrogens with one attached hydrogen (secondary N) is 1. The van der Waals surface area contributed by atoms with E-state index in [1.165, 1.54) is 25.1 Å². The predicted octanol–water partition coefficient (Wildman–Crippen LogP) is 2.13. The summed E-state index contributed by atoms with van der Waals surface area (Å²) in [5.74, 6) is -1.33. The summed E-state index contributed by atoms with van der Waals surface area (Å²) < 4.78 is 6.72. The van der Waals surface area contributed by atoms with Crippen molar-refractivity contribution in [1.29, 1.82) is 0 Å². The number of benzene rings is 1. The first kappa shape index (κ1) is 18.1. The van der Waals surface area contributed by atoms with Crippen LogP contribution in [0.4, 0.5) is 11.4 Å². The number of nitro groups is 1. The molecule has 0 aliphatic heterocycles. The number of amides is 1. The Bertz CT molecular complexity index is 843. The molecule has 1 aromatic heterocycles. The Hall–Kier alpha value is -3.23. The number of carbonyl (C=O) groups excluding carboxylic acids is 2. The van der Waals surface area contributed by atoms with Crippen molar-refractivity contribution >= 4 is 23.3 Å². The number of anilines is 1. The zero-order valence-electron chi connectivity index (χ0n) is 14.3. The van der Waals surface area contributed by atoms with Gasteiger partial charge in [-0.2, -0.15) is 5.10 Å². The Kier molecular flexibility index (Phi) is 5.16. The molecule has 1 aromatic carbocycles. The van der Waals surface area contributed by atoms with Gasteiger partial charge in [0.05, 0.1) is 27.6 Å². The number of ether oxygens (including phenoxy) is 1. The van der Waals surface area contributed by atoms with Crippen LogP contribution in [0.3, 0.4) is 0 Å². The smallest absolute Gasteiger partial charge is 0.339 e. The first-order chi connectivity index (χ1) is 11.7. The fourth-order valence-electron chi connectivity index (χ4n) is 2.21. The molecule has 1 amide bonds. The second-order valence-corrected chi connectivity index (χ2v) is 5.51. The van der Waals surface area contributed by atoms with Gasteiger partial charge in [0, 0.05) is 19.2 Å². The largest absolute Gasteiger partial charge is 0.449 e. The third kappa shape index (κ3) is 4.00. The predicted molar refractivity (Wildman–Crippen MR) is 89.3 cm³/mol. The summed E-state index contributed by atoms with van der Waals surface area (Å²) in [4.78, 5) is 34.5. The van der Waals surface area contributed by atoms with Crippen molar-refractivity contribution in [2.24, 2.45) is 7.05 Å². The lowest BCUT2D eigenvalue weighted by molar-refractivity contribution is -0.384. The van der Waals surface area contributed by atoms with Crippen LogP contribution in [-0.4, -0.2) is 32.7 Å². The third-order valence-corrected chi connectivity index (χ3v) is 3.70. The monoisotopic (exact) mass is 346 g/mol. The van der Waals surface area contributed by atoms with E-state index in [0.29, 0.717) is 11.4 Å². The molecule has 2 aromatic rings. The molecule has 0 saturated carbocycles. The number of aromatic nitrogens is 2. The van der Waals surface area contributed by atoms with E-state index >= 15 is 0 Å². The van der Waals surface area contributed by atoms with Crippen LogP contribution in [0.1, 0.15) is 28.7 Å². The summed E-state index contributed by atoms with van der Waals surface area (Å²) >= 11 is 0. The SMILES string of the molecule is Cc1nn(C)c(C)c1NC(=O)[C@H](C)OC(=O)c1cccc([N+](=O)[O-])c1. The maximum absolute atomic E-state index is 12.2. The van der Waals surface area contributed by atoms with Crippen LogP contribution in [-0.2, 0) is 16.6 Å². The topological polar surface area (TPSA) is 116 Å². The summed E-state index contributed by atoms with van der Waals surface area (Å²) in [6.07, 6.45) is -1.08. The zero-order valence-corrected chi connectivity index (χ0v) is 14.3. The molecule has 0 unspecified atom stereocenters. The Morgan fingerprint density at radius 3 is 2.60 bits per heavy atom. The minimum Gasteiger partial charge on any atom is -0.449 e. The molecule has 0 radical (unpaired) electrons. The third-order valence-electron chi connectivity index (χ3n) is 3.70. The number of non-ortho nitro benzene ring substituents is 1. The fraction of sp³-hybridized carbons (Fsp3) is 0.312. The van der Waals surface area contributed by atoms with Crippen molar-refractivity contribution in [2.45, 2.75) is 26.9 Å². The lowest BCUT2D eigenvalue weighted by Crippen LogP contribution is -2.30. The Labute approximate surface area is 143 Å². The van der Waals surface area contributed by atoms with Gasteiger partial charge in [-0.1, -0.05) is 6.07 Å². The Morgan fingerprint density at radius 1 is 1.36 bits per heavy atom. The van der Waals surface area contributed by atoms with Gasteiger partial charge in [0.15, 0.2) is 6.10 Å². The molecule has 0 bridgehead atoms. The molecule has 0 aliphatic carbocycles. The molecule has 9 heteroatoms. The quantitative estimate of drug-likeness (QED) is 0.503. The van der Waals surface area contributed by atoms with Crippen molar-refractivity contribution in [3.8, 4) is 0 Å². The number of hydrogen-bond donors (Lipinski definition) is 1. The fourth-order valence-corrected chi connectivity index (χ4v) is 2.21. The molecule has 0 saturated heterocycles. The molecule has 0 aliphatic rings. The van der Waals surface area contributed by atoms with Crippen molar-refractivity contribution < 1.29 is 19.2 Å². The Morgan fingerprint density at radius 2 is 2.04 bits per heavy atom. The number of hydrogen-bond acceptors (Lipinski definition) is 6. The van der Waals surface area contributed by atoms with Gasteiger partial charge in [-0.15, -0.1) is 0 Å². The highest BCUT2D eigenvalue weighted by Gasteiger charge is 2.22. The lowest BCUT2D eigenvalue weighted by Gasteiger charge is -2.13. The normalized spacial score (nSPS) is 11.7. The highest BCUT2D eigenvalue weighted by Crippen LogP contribution is 2.19. The van der Waals surface area contributed by atoms with Gasteiger partial charge in [-0.25, -0.2) is 4.79 Å². The first-order valence-corrected chi connectivity index (χ1v) is 7.47. The lowest BCUT2D eigenvalue weighted by atomic mass is 10.2. The minimum atomic E-state index is -1.08. The zero-order chi connectivity index (χ0) is 18.7. The molecule has 0 spiro atoms. The summed E-state index contributed by atoms with van der Waals surface area (Å²) in [5, 5.41) is 17.6. The standard InChI is InChI=1S/C16H18N4O5/c1-9-14(10(2)19(4)18-9)17-15(21)11(3)25-16(22)12-6-5-7-13(8-12)20(23)24/h5-8,11H,1-4H3,(H,17,21)/t11-/m0/s1. The van der Waals surface area contributed by atoms with E-state index < -0.39 is 22.9 Å². The molecule has 1 heterocycles. The van der Waals surface area contributed by atoms with Gasteiger partial charge in [0.2, 0.25) is 0 Å². The van der Waals surface area contributed by atoms with E-state index in [9.17, 15) is 19.7 Å². The van der Waals surface area contributed by atoms with Crippen LogP contribution >= 0.6 is 0 Å². The van der Waals surface area contributed by atoms with E-state index in [4.69, 9.17) is 4.74 Å². The molecular weight excluding hydrogens is 328 g/mol. The van der Waals surface area contributed by atoms with E-state index in [-0.39, 0.29) is 11.3 Å². The summed E-state index contributed by atoms with van der Waals surface area (Å²) in [6, 6.07) is 5.13. The van der Waals surface area contributed by atoms with Crippen molar-refractivity contribution in [3.63, 3.8) is 0 Å². The maximum Gasteiger partial charge on any atom is 0.339 e. The van der Waals surface area contributed by atoms with E-state index in [1.807, 2.05) is 0 Å². The molecule has 25 heavy (non-hydrogen) atoms. The molecular formula is C16H18N4O5. The van der Waals surface area contributed by atoms with Crippen molar-refractivity contribution in [2.75, 3.05) is 5.32 Å². The number of esters is 1. The van der Waals surface area contributed by atoms with Gasteiger partial charge in [-0.3, -0.25) is 19.6 Å².